The molecule has 6 nitrogen and oxygen atoms in total. The molecule has 0 spiro atoms. The fourth-order valence-corrected chi connectivity index (χ4v) is 4.76. The van der Waals surface area contributed by atoms with E-state index in [-0.39, 0.29) is 5.91 Å². The van der Waals surface area contributed by atoms with Gasteiger partial charge in [0.25, 0.3) is 5.91 Å². The van der Waals surface area contributed by atoms with Crippen LogP contribution in [-0.4, -0.2) is 55.2 Å². The molecular weight excluding hydrogens is 446 g/mol. The largest absolute Gasteiger partial charge is 0.494 e. The van der Waals surface area contributed by atoms with E-state index in [2.05, 4.69) is 25.7 Å². The third-order valence-corrected chi connectivity index (χ3v) is 6.84. The number of anilines is 1. The van der Waals surface area contributed by atoms with Crippen LogP contribution in [0.2, 0.25) is 0 Å². The second-order valence-electron chi connectivity index (χ2n) is 8.10. The van der Waals surface area contributed by atoms with Crippen LogP contribution in [0.3, 0.4) is 0 Å². The van der Waals surface area contributed by atoms with Crippen LogP contribution in [0.25, 0.3) is 10.2 Å². The quantitative estimate of drug-likeness (QED) is 0.254. The van der Waals surface area contributed by atoms with Gasteiger partial charge < -0.3 is 14.4 Å². The first-order chi connectivity index (χ1) is 16.6. The zero-order valence-electron chi connectivity index (χ0n) is 20.9. The molecule has 1 amide bonds. The highest BCUT2D eigenvalue weighted by Gasteiger charge is 2.23. The molecule has 0 saturated carbocycles. The smallest absolute Gasteiger partial charge is 0.260 e. The molecule has 0 aliphatic rings. The number of unbranched alkanes of at least 4 members (excludes halogenated alkanes) is 2. The zero-order chi connectivity index (χ0) is 24.3. The van der Waals surface area contributed by atoms with Crippen molar-refractivity contribution in [1.82, 2.24) is 9.88 Å². The summed E-state index contributed by atoms with van der Waals surface area (Å²) >= 11 is 1.52. The van der Waals surface area contributed by atoms with Gasteiger partial charge in [-0.1, -0.05) is 51.0 Å². The van der Waals surface area contributed by atoms with Crippen molar-refractivity contribution in [2.75, 3.05) is 44.3 Å². The lowest BCUT2D eigenvalue weighted by atomic mass is 10.2. The Hall–Kier alpha value is -2.64. The maximum atomic E-state index is 13.6. The van der Waals surface area contributed by atoms with Crippen molar-refractivity contribution in [2.45, 2.75) is 47.0 Å². The summed E-state index contributed by atoms with van der Waals surface area (Å²) in [7, 11) is 0. The molecule has 3 aromatic rings. The van der Waals surface area contributed by atoms with Crippen molar-refractivity contribution in [3.8, 4) is 11.5 Å². The second-order valence-corrected chi connectivity index (χ2v) is 9.11. The molecule has 0 bridgehead atoms. The number of rotatable bonds is 14. The summed E-state index contributed by atoms with van der Waals surface area (Å²) in [6, 6.07) is 13.4. The van der Waals surface area contributed by atoms with Crippen molar-refractivity contribution >= 4 is 32.6 Å². The molecule has 0 aliphatic heterocycles. The molecule has 1 heterocycles. The van der Waals surface area contributed by atoms with Gasteiger partial charge in [-0.3, -0.25) is 9.69 Å². The SMILES string of the molecule is CCCCCOc1ccc(C(=O)N(CCN(CC)CC)c2nc3c(OCC)cccc3s2)cc1. The van der Waals surface area contributed by atoms with Gasteiger partial charge in [-0.15, -0.1) is 0 Å². The van der Waals surface area contributed by atoms with E-state index in [9.17, 15) is 4.79 Å². The summed E-state index contributed by atoms with van der Waals surface area (Å²) in [6.07, 6.45) is 3.36. The van der Waals surface area contributed by atoms with E-state index >= 15 is 0 Å². The second kappa shape index (κ2) is 13.3. The highest BCUT2D eigenvalue weighted by molar-refractivity contribution is 7.22. The molecule has 2 aromatic carbocycles. The molecule has 184 valence electrons. The summed E-state index contributed by atoms with van der Waals surface area (Å²) in [5, 5.41) is 0.694. The molecule has 0 N–H and O–H groups in total. The molecular formula is C27H37N3O3S. The number of fused-ring (bicyclic) bond motifs is 1. The van der Waals surface area contributed by atoms with Crippen LogP contribution in [0.4, 0.5) is 5.13 Å². The minimum absolute atomic E-state index is 0.0540. The van der Waals surface area contributed by atoms with E-state index < -0.39 is 0 Å². The van der Waals surface area contributed by atoms with Crippen molar-refractivity contribution in [3.05, 3.63) is 48.0 Å². The molecule has 0 fully saturated rings. The first kappa shape index (κ1) is 26.0. The Bertz CT molecular complexity index is 1030. The van der Waals surface area contributed by atoms with E-state index in [1.165, 1.54) is 11.3 Å². The summed E-state index contributed by atoms with van der Waals surface area (Å²) < 4.78 is 12.6. The fraction of sp³-hybridized carbons (Fsp3) is 0.481. The van der Waals surface area contributed by atoms with Crippen LogP contribution >= 0.6 is 11.3 Å². The Kier molecular flexibility index (Phi) is 10.2. The third-order valence-electron chi connectivity index (χ3n) is 5.80. The van der Waals surface area contributed by atoms with Crippen molar-refractivity contribution in [3.63, 3.8) is 0 Å². The van der Waals surface area contributed by atoms with E-state index in [1.807, 2.05) is 49.4 Å². The minimum Gasteiger partial charge on any atom is -0.494 e. The van der Waals surface area contributed by atoms with Crippen molar-refractivity contribution in [2.24, 2.45) is 0 Å². The van der Waals surface area contributed by atoms with Gasteiger partial charge in [-0.05, 0) is 62.8 Å². The van der Waals surface area contributed by atoms with Crippen molar-refractivity contribution < 1.29 is 14.3 Å². The van der Waals surface area contributed by atoms with Gasteiger partial charge in [0.1, 0.15) is 17.0 Å². The summed E-state index contributed by atoms with van der Waals surface area (Å²) in [5.74, 6) is 1.49. The fourth-order valence-electron chi connectivity index (χ4n) is 3.76. The lowest BCUT2D eigenvalue weighted by molar-refractivity contribution is 0.0983. The summed E-state index contributed by atoms with van der Waals surface area (Å²) in [6.45, 7) is 12.9. The molecule has 0 atom stereocenters. The number of carbonyl (C=O) groups excluding carboxylic acids is 1. The first-order valence-corrected chi connectivity index (χ1v) is 13.2. The predicted octanol–water partition coefficient (Wildman–Crippen LogP) is 6.25. The number of carbonyl (C=O) groups is 1. The topological polar surface area (TPSA) is 54.9 Å². The number of para-hydroxylation sites is 1. The summed E-state index contributed by atoms with van der Waals surface area (Å²) in [5.41, 5.74) is 1.44. The maximum absolute atomic E-state index is 13.6. The number of aromatic nitrogens is 1. The molecule has 3 rings (SSSR count). The van der Waals surface area contributed by atoms with Crippen molar-refractivity contribution in [1.29, 1.82) is 0 Å². The van der Waals surface area contributed by atoms with Gasteiger partial charge in [0.15, 0.2) is 5.13 Å². The standard InChI is InChI=1S/C27H37N3O3S/c1-5-9-10-20-33-22-16-14-21(15-17-22)26(31)30(19-18-29(6-2)7-3)27-28-25-23(32-8-4)12-11-13-24(25)34-27/h11-17H,5-10,18-20H2,1-4H3. The van der Waals surface area contributed by atoms with Gasteiger partial charge in [-0.2, -0.15) is 0 Å². The Morgan fingerprint density at radius 2 is 1.71 bits per heavy atom. The first-order valence-electron chi connectivity index (χ1n) is 12.4. The summed E-state index contributed by atoms with van der Waals surface area (Å²) in [4.78, 5) is 22.6. The van der Waals surface area contributed by atoms with Crippen LogP contribution in [0, 0.1) is 0 Å². The van der Waals surface area contributed by atoms with Crippen LogP contribution < -0.4 is 14.4 Å². The lowest BCUT2D eigenvalue weighted by Gasteiger charge is -2.24. The molecule has 0 unspecified atom stereocenters. The number of hydrogen-bond acceptors (Lipinski definition) is 6. The number of ether oxygens (including phenoxy) is 2. The van der Waals surface area contributed by atoms with Crippen LogP contribution in [0.5, 0.6) is 11.5 Å². The van der Waals surface area contributed by atoms with Gasteiger partial charge >= 0.3 is 0 Å². The van der Waals surface area contributed by atoms with E-state index in [4.69, 9.17) is 14.5 Å². The molecule has 7 heteroatoms. The van der Waals surface area contributed by atoms with E-state index in [1.54, 1.807) is 4.90 Å². The Labute approximate surface area is 207 Å². The predicted molar refractivity (Wildman–Crippen MR) is 142 cm³/mol. The van der Waals surface area contributed by atoms with Gasteiger partial charge in [0.2, 0.25) is 0 Å². The average Bonchev–Trinajstić information content (AvgIpc) is 3.30. The highest BCUT2D eigenvalue weighted by Crippen LogP contribution is 2.35. The van der Waals surface area contributed by atoms with Crippen LogP contribution in [0.15, 0.2) is 42.5 Å². The number of benzene rings is 2. The molecule has 34 heavy (non-hydrogen) atoms. The van der Waals surface area contributed by atoms with Gasteiger partial charge in [0.05, 0.1) is 17.9 Å². The normalized spacial score (nSPS) is 11.2. The number of nitrogens with zero attached hydrogens (tertiary/aromatic N) is 3. The minimum atomic E-state index is -0.0540. The maximum Gasteiger partial charge on any atom is 0.260 e. The number of likely N-dealkylation sites (N-methyl/N-ethyl adjacent to an activating group) is 1. The third kappa shape index (κ3) is 6.70. The molecule has 1 aromatic heterocycles. The number of hydrogen-bond donors (Lipinski definition) is 0. The van der Waals surface area contributed by atoms with E-state index in [0.29, 0.717) is 30.5 Å². The lowest BCUT2D eigenvalue weighted by Crippen LogP contribution is -2.38. The molecule has 0 aliphatic carbocycles. The molecule has 0 saturated heterocycles. The highest BCUT2D eigenvalue weighted by atomic mass is 32.1. The monoisotopic (exact) mass is 483 g/mol. The van der Waals surface area contributed by atoms with Crippen LogP contribution in [-0.2, 0) is 0 Å². The zero-order valence-corrected chi connectivity index (χ0v) is 21.7. The van der Waals surface area contributed by atoms with Crippen LogP contribution in [0.1, 0.15) is 57.3 Å². The van der Waals surface area contributed by atoms with Gasteiger partial charge in [-0.25, -0.2) is 4.98 Å². The van der Waals surface area contributed by atoms with E-state index in [0.717, 1.165) is 60.6 Å². The van der Waals surface area contributed by atoms with Gasteiger partial charge in [0, 0.05) is 18.7 Å². The molecule has 0 radical (unpaired) electrons. The Balaban J connectivity index is 1.85. The Morgan fingerprint density at radius 1 is 0.941 bits per heavy atom. The Morgan fingerprint density at radius 3 is 2.38 bits per heavy atom. The number of thiazole rings is 1. The average molecular weight is 484 g/mol. The number of amides is 1.